The van der Waals surface area contributed by atoms with Crippen LogP contribution in [0.15, 0.2) is 214 Å². The molecule has 2 unspecified atom stereocenters. The van der Waals surface area contributed by atoms with Gasteiger partial charge in [-0.2, -0.15) is 0 Å². The van der Waals surface area contributed by atoms with Crippen LogP contribution in [0.1, 0.15) is 37.8 Å². The zero-order valence-corrected chi connectivity index (χ0v) is 37.5. The molecule has 2 atom stereocenters. The van der Waals surface area contributed by atoms with Gasteiger partial charge in [-0.1, -0.05) is 188 Å². The average Bonchev–Trinajstić information content (AvgIpc) is 3.92. The number of hydrogen-bond donors (Lipinski definition) is 0. The highest BCUT2D eigenvalue weighted by Crippen LogP contribution is 2.52. The van der Waals surface area contributed by atoms with Crippen molar-refractivity contribution < 1.29 is 9.15 Å². The summed E-state index contributed by atoms with van der Waals surface area (Å²) in [6.07, 6.45) is 4.75. The third-order valence-corrected chi connectivity index (χ3v) is 14.8. The van der Waals surface area contributed by atoms with Crippen molar-refractivity contribution in [3.8, 4) is 33.4 Å². The van der Waals surface area contributed by atoms with Crippen LogP contribution >= 0.6 is 11.8 Å². The summed E-state index contributed by atoms with van der Waals surface area (Å²) in [5, 5.41) is 12.1. The van der Waals surface area contributed by atoms with Crippen molar-refractivity contribution >= 4 is 82.4 Å². The van der Waals surface area contributed by atoms with E-state index in [1.54, 1.807) is 0 Å². The van der Waals surface area contributed by atoms with Crippen LogP contribution in [0.25, 0.3) is 104 Å². The predicted molar refractivity (Wildman–Crippen MR) is 278 cm³/mol. The van der Waals surface area contributed by atoms with Gasteiger partial charge in [-0.3, -0.25) is 0 Å². The van der Waals surface area contributed by atoms with Gasteiger partial charge in [-0.05, 0) is 143 Å². The minimum Gasteiger partial charge on any atom is -0.456 e. The lowest BCUT2D eigenvalue weighted by molar-refractivity contribution is 0.0658. The van der Waals surface area contributed by atoms with Gasteiger partial charge in [0.2, 0.25) is 0 Å². The summed E-state index contributed by atoms with van der Waals surface area (Å²) >= 11 is 1.87. The normalized spacial score (nSPS) is 15.3. The van der Waals surface area contributed by atoms with E-state index >= 15 is 0 Å². The number of ether oxygens (including phenoxy) is 1. The molecule has 3 heteroatoms. The Hall–Kier alpha value is -7.17. The Morgan fingerprint density at radius 2 is 1.11 bits per heavy atom. The second-order valence-corrected chi connectivity index (χ2v) is 18.4. The number of benzene rings is 10. The molecule has 0 bridgehead atoms. The number of fused-ring (bicyclic) bond motifs is 8. The van der Waals surface area contributed by atoms with Crippen LogP contribution in [0, 0.1) is 0 Å². The molecule has 65 heavy (non-hydrogen) atoms. The van der Waals surface area contributed by atoms with E-state index in [9.17, 15) is 0 Å². The molecule has 0 saturated heterocycles. The highest BCUT2D eigenvalue weighted by molar-refractivity contribution is 8.03. The molecule has 0 saturated carbocycles. The molecular formula is C62H46O2S. The van der Waals surface area contributed by atoms with Crippen LogP contribution in [0.5, 0.6) is 0 Å². The van der Waals surface area contributed by atoms with Gasteiger partial charge < -0.3 is 9.15 Å². The van der Waals surface area contributed by atoms with E-state index in [1.807, 2.05) is 11.8 Å². The lowest BCUT2D eigenvalue weighted by Gasteiger charge is -2.21. The summed E-state index contributed by atoms with van der Waals surface area (Å²) in [4.78, 5) is 2.64. The molecule has 1 aromatic heterocycles. The molecule has 0 radical (unpaired) electrons. The Labute approximate surface area is 383 Å². The first-order valence-electron chi connectivity index (χ1n) is 22.7. The highest BCUT2D eigenvalue weighted by atomic mass is 32.2. The van der Waals surface area contributed by atoms with Gasteiger partial charge in [0.1, 0.15) is 11.2 Å². The molecule has 11 aromatic rings. The van der Waals surface area contributed by atoms with Crippen LogP contribution in [-0.2, 0) is 4.74 Å². The number of thioether (sulfide) groups is 1. The second kappa shape index (κ2) is 16.1. The Kier molecular flexibility index (Phi) is 9.78. The van der Waals surface area contributed by atoms with Crippen molar-refractivity contribution in [3.63, 3.8) is 0 Å². The standard InChI is InChI=1S/C62H46O2S/c1-4-63-39(3)58-51-29-16-17-32-55(51)65-56(58)36-33-38(2)57-42-21-8-14-27-48(42)61(49-28-15-9-22-43(49)57)52-30-18-31-53-62(52)50-35-34-41(37-54(50)64-53)60-46-25-12-10-23-44(46)59(40-19-6-5-7-20-40)45-24-11-13-26-47(45)60/h5-37,39,58H,4H2,1-3H3/b38-33+,56-36+. The largest absolute Gasteiger partial charge is 0.456 e. The van der Waals surface area contributed by atoms with Crippen LogP contribution in [0.2, 0.25) is 0 Å². The minimum atomic E-state index is 0.0802. The Balaban J connectivity index is 1.03. The van der Waals surface area contributed by atoms with Crippen LogP contribution in [0.4, 0.5) is 0 Å². The smallest absolute Gasteiger partial charge is 0.136 e. The van der Waals surface area contributed by atoms with Crippen molar-refractivity contribution in [1.82, 2.24) is 0 Å². The second-order valence-electron chi connectivity index (χ2n) is 17.2. The molecule has 2 heterocycles. The third-order valence-electron chi connectivity index (χ3n) is 13.6. The third kappa shape index (κ3) is 6.44. The molecule has 1 aliphatic rings. The zero-order chi connectivity index (χ0) is 43.6. The number of furan rings is 1. The summed E-state index contributed by atoms with van der Waals surface area (Å²) in [6.45, 7) is 7.25. The summed E-state index contributed by atoms with van der Waals surface area (Å²) in [7, 11) is 0. The molecule has 0 amide bonds. The molecule has 12 rings (SSSR count). The minimum absolute atomic E-state index is 0.0802. The van der Waals surface area contributed by atoms with Crippen molar-refractivity contribution in [2.24, 2.45) is 0 Å². The van der Waals surface area contributed by atoms with E-state index in [4.69, 9.17) is 9.15 Å². The van der Waals surface area contributed by atoms with E-state index in [1.165, 1.54) is 97.4 Å². The molecule has 0 fully saturated rings. The predicted octanol–water partition coefficient (Wildman–Crippen LogP) is 17.8. The summed E-state index contributed by atoms with van der Waals surface area (Å²) in [5.74, 6) is 0.205. The molecule has 312 valence electrons. The van der Waals surface area contributed by atoms with Gasteiger partial charge in [0.25, 0.3) is 0 Å². The first-order chi connectivity index (χ1) is 32.1. The molecule has 0 N–H and O–H groups in total. The molecule has 0 aliphatic carbocycles. The van der Waals surface area contributed by atoms with E-state index in [-0.39, 0.29) is 12.0 Å². The molecule has 2 nitrogen and oxygen atoms in total. The monoisotopic (exact) mass is 854 g/mol. The first kappa shape index (κ1) is 39.4. The maximum atomic E-state index is 6.90. The summed E-state index contributed by atoms with van der Waals surface area (Å²) < 4.78 is 13.1. The fraction of sp³-hybridized carbons (Fsp3) is 0.0968. The Morgan fingerprint density at radius 1 is 0.554 bits per heavy atom. The van der Waals surface area contributed by atoms with E-state index in [0.717, 1.165) is 27.5 Å². The number of rotatable bonds is 8. The van der Waals surface area contributed by atoms with Crippen molar-refractivity contribution in [2.45, 2.75) is 37.7 Å². The number of allylic oxidation sites excluding steroid dienone is 3. The molecule has 1 aliphatic heterocycles. The lowest BCUT2D eigenvalue weighted by Crippen LogP contribution is -2.18. The Bertz CT molecular complexity index is 3630. The SMILES string of the molecule is CCOC(C)C1/C(=C\C=C(/C)c2c3ccccc3c(-c3cccc4oc5cc(-c6c7ccccc7c(-c7ccccc7)c7ccccc67)ccc5c34)c3ccccc23)Sc2ccccc21. The van der Waals surface area contributed by atoms with Crippen LogP contribution < -0.4 is 0 Å². The van der Waals surface area contributed by atoms with Crippen molar-refractivity contribution in [3.05, 3.63) is 216 Å². The van der Waals surface area contributed by atoms with Gasteiger partial charge in [0.05, 0.1) is 6.10 Å². The van der Waals surface area contributed by atoms with E-state index < -0.39 is 0 Å². The average molecular weight is 855 g/mol. The van der Waals surface area contributed by atoms with Crippen LogP contribution in [-0.4, -0.2) is 12.7 Å². The van der Waals surface area contributed by atoms with Gasteiger partial charge in [-0.15, -0.1) is 0 Å². The zero-order valence-electron chi connectivity index (χ0n) is 36.6. The van der Waals surface area contributed by atoms with Gasteiger partial charge >= 0.3 is 0 Å². The van der Waals surface area contributed by atoms with Crippen molar-refractivity contribution in [2.75, 3.05) is 6.61 Å². The lowest BCUT2D eigenvalue weighted by atomic mass is 9.84. The summed E-state index contributed by atoms with van der Waals surface area (Å²) in [6, 6.07) is 68.5. The fourth-order valence-electron chi connectivity index (χ4n) is 10.8. The highest BCUT2D eigenvalue weighted by Gasteiger charge is 2.32. The maximum absolute atomic E-state index is 6.90. The van der Waals surface area contributed by atoms with Gasteiger partial charge in [-0.25, -0.2) is 0 Å². The van der Waals surface area contributed by atoms with Crippen molar-refractivity contribution in [1.29, 1.82) is 0 Å². The summed E-state index contributed by atoms with van der Waals surface area (Å²) in [5.41, 5.74) is 12.9. The van der Waals surface area contributed by atoms with Crippen LogP contribution in [0.3, 0.4) is 0 Å². The van der Waals surface area contributed by atoms with Gasteiger partial charge in [0.15, 0.2) is 0 Å². The first-order valence-corrected chi connectivity index (χ1v) is 23.5. The quantitative estimate of drug-likeness (QED) is 0.142. The topological polar surface area (TPSA) is 22.4 Å². The van der Waals surface area contributed by atoms with Gasteiger partial charge in [0, 0.05) is 28.2 Å². The van der Waals surface area contributed by atoms with E-state index in [2.05, 4.69) is 221 Å². The van der Waals surface area contributed by atoms with E-state index in [0.29, 0.717) is 6.61 Å². The Morgan fingerprint density at radius 3 is 1.74 bits per heavy atom. The maximum Gasteiger partial charge on any atom is 0.136 e. The number of hydrogen-bond acceptors (Lipinski definition) is 3. The molecular weight excluding hydrogens is 809 g/mol. The molecule has 10 aromatic carbocycles. The molecule has 0 spiro atoms. The fourth-order valence-corrected chi connectivity index (χ4v) is 12.1.